The lowest BCUT2D eigenvalue weighted by Crippen LogP contribution is -2.39. The number of ether oxygens (including phenoxy) is 3. The van der Waals surface area contributed by atoms with Crippen LogP contribution >= 0.6 is 15.9 Å². The Bertz CT molecular complexity index is 271. The lowest BCUT2D eigenvalue weighted by atomic mass is 9.98. The van der Waals surface area contributed by atoms with Crippen LogP contribution in [0.3, 0.4) is 0 Å². The molecule has 0 bridgehead atoms. The minimum Gasteiger partial charge on any atom is -0.427 e. The van der Waals surface area contributed by atoms with Crippen LogP contribution in [0.5, 0.6) is 0 Å². The van der Waals surface area contributed by atoms with Crippen molar-refractivity contribution in [2.24, 2.45) is 0 Å². The van der Waals surface area contributed by atoms with Gasteiger partial charge in [0.1, 0.15) is 12.2 Å². The number of hydrogen-bond acceptors (Lipinski definition) is 4. The van der Waals surface area contributed by atoms with Gasteiger partial charge in [-0.2, -0.15) is 0 Å². The molecule has 0 aliphatic carbocycles. The average molecular weight is 293 g/mol. The van der Waals surface area contributed by atoms with Gasteiger partial charge in [-0.1, -0.05) is 22.9 Å². The fourth-order valence-corrected chi connectivity index (χ4v) is 3.19. The first-order valence-electron chi connectivity index (χ1n) is 5.77. The number of carbonyl (C=O) groups is 1. The summed E-state index contributed by atoms with van der Waals surface area (Å²) in [5.41, 5.74) is 0. The van der Waals surface area contributed by atoms with Crippen LogP contribution in [-0.4, -0.2) is 35.4 Å². The predicted octanol–water partition coefficient (Wildman–Crippen LogP) is 2.63. The molecule has 16 heavy (non-hydrogen) atoms. The van der Waals surface area contributed by atoms with E-state index in [1.165, 1.54) is 0 Å². The predicted molar refractivity (Wildman–Crippen MR) is 61.7 cm³/mol. The van der Waals surface area contributed by atoms with Crippen molar-refractivity contribution in [1.82, 2.24) is 0 Å². The van der Waals surface area contributed by atoms with Crippen LogP contribution in [0.15, 0.2) is 0 Å². The summed E-state index contributed by atoms with van der Waals surface area (Å²) >= 11 is 3.61. The fourth-order valence-electron chi connectivity index (χ4n) is 2.32. The number of alkyl halides is 1. The maximum atomic E-state index is 11.1. The van der Waals surface area contributed by atoms with Crippen molar-refractivity contribution in [2.45, 2.75) is 62.4 Å². The number of rotatable bonds is 1. The zero-order valence-corrected chi connectivity index (χ0v) is 11.1. The lowest BCUT2D eigenvalue weighted by Gasteiger charge is -2.31. The van der Waals surface area contributed by atoms with Gasteiger partial charge in [0.25, 0.3) is 0 Å². The minimum atomic E-state index is -0.545. The second-order valence-electron chi connectivity index (χ2n) is 4.44. The number of carbonyl (C=O) groups excluding carboxylic acids is 1. The summed E-state index contributed by atoms with van der Waals surface area (Å²) in [5.74, 6) is 0. The number of halogens is 1. The molecule has 92 valence electrons. The van der Waals surface area contributed by atoms with Crippen molar-refractivity contribution in [2.75, 3.05) is 0 Å². The Hall–Kier alpha value is -0.290. The highest BCUT2D eigenvalue weighted by Gasteiger charge is 2.42. The van der Waals surface area contributed by atoms with E-state index in [0.29, 0.717) is 6.42 Å². The number of hydrogen-bond donors (Lipinski definition) is 0. The van der Waals surface area contributed by atoms with Gasteiger partial charge >= 0.3 is 6.16 Å². The summed E-state index contributed by atoms with van der Waals surface area (Å²) in [6, 6.07) is 0. The molecule has 2 fully saturated rings. The molecular formula is C11H17BrO4. The van der Waals surface area contributed by atoms with Gasteiger partial charge in [0.05, 0.1) is 12.2 Å². The van der Waals surface area contributed by atoms with Crippen molar-refractivity contribution < 1.29 is 19.0 Å². The van der Waals surface area contributed by atoms with Gasteiger partial charge < -0.3 is 14.2 Å². The van der Waals surface area contributed by atoms with Crippen molar-refractivity contribution in [1.29, 1.82) is 0 Å². The lowest BCUT2D eigenvalue weighted by molar-refractivity contribution is -0.0478. The van der Waals surface area contributed by atoms with Crippen LogP contribution in [-0.2, 0) is 14.2 Å². The van der Waals surface area contributed by atoms with Crippen molar-refractivity contribution >= 4 is 22.1 Å². The third-order valence-electron chi connectivity index (χ3n) is 3.14. The van der Waals surface area contributed by atoms with Crippen LogP contribution in [0.4, 0.5) is 4.79 Å². The number of fused-ring (bicyclic) bond motifs is 1. The monoisotopic (exact) mass is 292 g/mol. The molecule has 0 radical (unpaired) electrons. The molecule has 2 heterocycles. The first-order valence-corrected chi connectivity index (χ1v) is 6.68. The van der Waals surface area contributed by atoms with Gasteiger partial charge in [0.15, 0.2) is 0 Å². The van der Waals surface area contributed by atoms with E-state index in [-0.39, 0.29) is 29.2 Å². The molecule has 0 aromatic rings. The molecule has 0 aromatic heterocycles. The van der Waals surface area contributed by atoms with Crippen LogP contribution in [0.25, 0.3) is 0 Å². The third-order valence-corrected chi connectivity index (χ3v) is 4.11. The van der Waals surface area contributed by atoms with Gasteiger partial charge in [-0.25, -0.2) is 4.79 Å². The second-order valence-corrected chi connectivity index (χ2v) is 5.62. The van der Waals surface area contributed by atoms with Crippen molar-refractivity contribution in [3.8, 4) is 0 Å². The molecule has 0 amide bonds. The van der Waals surface area contributed by atoms with Crippen LogP contribution in [0.2, 0.25) is 0 Å². The van der Waals surface area contributed by atoms with E-state index in [4.69, 9.17) is 14.2 Å². The molecule has 0 spiro atoms. The standard InChI is InChI=1S/C11H17BrO4/c1-3-8-7(12)5-10-9(4-6(2)14-8)15-11(13)16-10/h6-10H,3-5H2,1-2H3/t6-,7+,8+,9-,10+/m0/s1. The Morgan fingerprint density at radius 3 is 2.56 bits per heavy atom. The van der Waals surface area contributed by atoms with E-state index < -0.39 is 6.16 Å². The summed E-state index contributed by atoms with van der Waals surface area (Å²) in [7, 11) is 0. The molecule has 0 unspecified atom stereocenters. The summed E-state index contributed by atoms with van der Waals surface area (Å²) in [4.78, 5) is 11.3. The van der Waals surface area contributed by atoms with Crippen molar-refractivity contribution in [3.63, 3.8) is 0 Å². The highest BCUT2D eigenvalue weighted by Crippen LogP contribution is 2.32. The van der Waals surface area contributed by atoms with Gasteiger partial charge in [-0.15, -0.1) is 0 Å². The normalized spacial score (nSPS) is 43.9. The zero-order chi connectivity index (χ0) is 11.7. The average Bonchev–Trinajstić information content (AvgIpc) is 2.53. The Morgan fingerprint density at radius 1 is 1.31 bits per heavy atom. The fraction of sp³-hybridized carbons (Fsp3) is 0.909. The molecule has 0 N–H and O–H groups in total. The molecule has 0 saturated carbocycles. The Balaban J connectivity index is 2.08. The zero-order valence-electron chi connectivity index (χ0n) is 9.52. The highest BCUT2D eigenvalue weighted by molar-refractivity contribution is 9.09. The highest BCUT2D eigenvalue weighted by atomic mass is 79.9. The molecule has 5 atom stereocenters. The smallest absolute Gasteiger partial charge is 0.427 e. The maximum Gasteiger partial charge on any atom is 0.509 e. The summed E-state index contributed by atoms with van der Waals surface area (Å²) < 4.78 is 16.2. The molecule has 2 aliphatic rings. The van der Waals surface area contributed by atoms with E-state index in [2.05, 4.69) is 22.9 Å². The molecule has 2 rings (SSSR count). The molecule has 4 nitrogen and oxygen atoms in total. The Kier molecular flexibility index (Phi) is 3.74. The molecule has 0 aromatic carbocycles. The third kappa shape index (κ3) is 2.51. The summed E-state index contributed by atoms with van der Waals surface area (Å²) in [6.07, 6.45) is 1.86. The Labute approximate surface area is 104 Å². The van der Waals surface area contributed by atoms with Crippen LogP contribution in [0.1, 0.15) is 33.1 Å². The molecule has 2 saturated heterocycles. The topological polar surface area (TPSA) is 44.8 Å². The molecule has 5 heteroatoms. The SMILES string of the molecule is CC[C@H]1O[C@@H](C)C[C@@H]2OC(=O)O[C@@H]2C[C@H]1Br. The molecular weight excluding hydrogens is 276 g/mol. The second kappa shape index (κ2) is 4.92. The van der Waals surface area contributed by atoms with E-state index in [0.717, 1.165) is 12.8 Å². The molecule has 2 aliphatic heterocycles. The summed E-state index contributed by atoms with van der Waals surface area (Å²) in [5, 5.41) is 0. The van der Waals surface area contributed by atoms with E-state index >= 15 is 0 Å². The summed E-state index contributed by atoms with van der Waals surface area (Å²) in [6.45, 7) is 4.11. The van der Waals surface area contributed by atoms with E-state index in [1.807, 2.05) is 6.92 Å². The van der Waals surface area contributed by atoms with Crippen molar-refractivity contribution in [3.05, 3.63) is 0 Å². The quantitative estimate of drug-likeness (QED) is 0.550. The van der Waals surface area contributed by atoms with Gasteiger partial charge in [0.2, 0.25) is 0 Å². The maximum absolute atomic E-state index is 11.1. The van der Waals surface area contributed by atoms with Gasteiger partial charge in [-0.3, -0.25) is 0 Å². The Morgan fingerprint density at radius 2 is 1.94 bits per heavy atom. The van der Waals surface area contributed by atoms with Crippen LogP contribution in [0, 0.1) is 0 Å². The van der Waals surface area contributed by atoms with E-state index in [9.17, 15) is 4.79 Å². The first kappa shape index (κ1) is 12.2. The largest absolute Gasteiger partial charge is 0.509 e. The van der Waals surface area contributed by atoms with E-state index in [1.54, 1.807) is 0 Å². The first-order chi connectivity index (χ1) is 7.60. The van der Waals surface area contributed by atoms with Crippen LogP contribution < -0.4 is 0 Å². The van der Waals surface area contributed by atoms with Gasteiger partial charge in [0, 0.05) is 17.7 Å². The minimum absolute atomic E-state index is 0.0901. The van der Waals surface area contributed by atoms with Gasteiger partial charge in [-0.05, 0) is 13.3 Å².